The van der Waals surface area contributed by atoms with Crippen LogP contribution in [0.25, 0.3) is 0 Å². The van der Waals surface area contributed by atoms with E-state index in [0.717, 1.165) is 12.8 Å². The van der Waals surface area contributed by atoms with Gasteiger partial charge in [-0.25, -0.2) is 4.79 Å². The Hall–Kier alpha value is -0.810. The number of amides is 1. The van der Waals surface area contributed by atoms with E-state index in [2.05, 4.69) is 5.32 Å². The largest absolute Gasteiger partial charge is 0.444 e. The third kappa shape index (κ3) is 9.73. The van der Waals surface area contributed by atoms with Gasteiger partial charge in [0.2, 0.25) is 0 Å². The second-order valence-electron chi connectivity index (χ2n) is 4.84. The molecule has 1 amide bonds. The first-order chi connectivity index (χ1) is 7.35. The molecule has 96 valence electrons. The van der Waals surface area contributed by atoms with Crippen molar-refractivity contribution in [2.75, 3.05) is 13.2 Å². The zero-order valence-electron chi connectivity index (χ0n) is 10.5. The van der Waals surface area contributed by atoms with Gasteiger partial charge in [-0.1, -0.05) is 0 Å². The summed E-state index contributed by atoms with van der Waals surface area (Å²) < 4.78 is 5.07. The Labute approximate surface area is 97.3 Å². The van der Waals surface area contributed by atoms with E-state index in [1.54, 1.807) is 0 Å². The fourth-order valence-corrected chi connectivity index (χ4v) is 1.18. The number of aliphatic hydroxyl groups excluding tert-OH is 1. The normalized spacial score (nSPS) is 13.3. The predicted molar refractivity (Wildman–Crippen MR) is 63.1 cm³/mol. The highest BCUT2D eigenvalue weighted by Gasteiger charge is 2.15. The Kier molecular flexibility index (Phi) is 7.08. The molecule has 16 heavy (non-hydrogen) atoms. The van der Waals surface area contributed by atoms with Crippen LogP contribution in [-0.4, -0.2) is 36.0 Å². The number of hydrogen-bond acceptors (Lipinski definition) is 4. The zero-order chi connectivity index (χ0) is 12.6. The molecule has 0 fully saturated rings. The first-order valence-corrected chi connectivity index (χ1v) is 5.68. The van der Waals surface area contributed by atoms with Crippen molar-refractivity contribution in [2.45, 2.75) is 51.7 Å². The summed E-state index contributed by atoms with van der Waals surface area (Å²) in [6.45, 7) is 6.13. The van der Waals surface area contributed by atoms with Gasteiger partial charge in [0.25, 0.3) is 0 Å². The van der Waals surface area contributed by atoms with E-state index in [0.29, 0.717) is 13.0 Å². The van der Waals surface area contributed by atoms with Gasteiger partial charge < -0.3 is 20.9 Å². The smallest absolute Gasteiger partial charge is 0.407 e. The molecule has 0 bridgehead atoms. The highest BCUT2D eigenvalue weighted by molar-refractivity contribution is 5.67. The summed E-state index contributed by atoms with van der Waals surface area (Å²) in [5.41, 5.74) is 5.24. The second-order valence-corrected chi connectivity index (χ2v) is 4.84. The molecule has 0 heterocycles. The van der Waals surface area contributed by atoms with E-state index in [1.165, 1.54) is 0 Å². The van der Waals surface area contributed by atoms with Gasteiger partial charge in [0, 0.05) is 19.2 Å². The first-order valence-electron chi connectivity index (χ1n) is 5.68. The van der Waals surface area contributed by atoms with Gasteiger partial charge in [-0.15, -0.1) is 0 Å². The Balaban J connectivity index is 3.48. The van der Waals surface area contributed by atoms with Gasteiger partial charge in [-0.3, -0.25) is 0 Å². The molecule has 0 aromatic carbocycles. The summed E-state index contributed by atoms with van der Waals surface area (Å²) in [6, 6.07) is 0.00503. The van der Waals surface area contributed by atoms with Gasteiger partial charge in [0.05, 0.1) is 0 Å². The lowest BCUT2D eigenvalue weighted by Gasteiger charge is -2.19. The van der Waals surface area contributed by atoms with Crippen LogP contribution < -0.4 is 11.1 Å². The van der Waals surface area contributed by atoms with Gasteiger partial charge in [0.15, 0.2) is 0 Å². The summed E-state index contributed by atoms with van der Waals surface area (Å²) in [6.07, 6.45) is 1.78. The van der Waals surface area contributed by atoms with Crippen molar-refractivity contribution in [3.05, 3.63) is 0 Å². The SMILES string of the molecule is CC(C)(C)OC(=O)NCCC[C@H](N)CCO. The Morgan fingerprint density at radius 2 is 2.06 bits per heavy atom. The van der Waals surface area contributed by atoms with Crippen molar-refractivity contribution in [1.82, 2.24) is 5.32 Å². The van der Waals surface area contributed by atoms with Gasteiger partial charge in [0.1, 0.15) is 5.60 Å². The third-order valence-corrected chi connectivity index (χ3v) is 1.92. The van der Waals surface area contributed by atoms with Crippen LogP contribution in [-0.2, 0) is 4.74 Å². The Bertz CT molecular complexity index is 202. The molecule has 0 unspecified atom stereocenters. The highest BCUT2D eigenvalue weighted by atomic mass is 16.6. The van der Waals surface area contributed by atoms with Crippen LogP contribution in [0.1, 0.15) is 40.0 Å². The molecule has 0 aliphatic rings. The van der Waals surface area contributed by atoms with Gasteiger partial charge in [-0.2, -0.15) is 0 Å². The van der Waals surface area contributed by atoms with Crippen LogP contribution in [0.5, 0.6) is 0 Å². The van der Waals surface area contributed by atoms with Crippen LogP contribution in [0.3, 0.4) is 0 Å². The van der Waals surface area contributed by atoms with Gasteiger partial charge in [-0.05, 0) is 40.0 Å². The Morgan fingerprint density at radius 3 is 2.56 bits per heavy atom. The molecule has 1 atom stereocenters. The fraction of sp³-hybridized carbons (Fsp3) is 0.909. The van der Waals surface area contributed by atoms with Crippen LogP contribution in [0.4, 0.5) is 4.79 Å². The molecule has 0 radical (unpaired) electrons. The van der Waals surface area contributed by atoms with Crippen molar-refractivity contribution in [3.63, 3.8) is 0 Å². The Morgan fingerprint density at radius 1 is 1.44 bits per heavy atom. The number of nitrogens with two attached hydrogens (primary N) is 1. The maximum atomic E-state index is 11.2. The van der Waals surface area contributed by atoms with Crippen molar-refractivity contribution in [2.24, 2.45) is 5.73 Å². The highest BCUT2D eigenvalue weighted by Crippen LogP contribution is 2.06. The third-order valence-electron chi connectivity index (χ3n) is 1.92. The summed E-state index contributed by atoms with van der Waals surface area (Å²) in [5, 5.41) is 11.3. The van der Waals surface area contributed by atoms with Crippen LogP contribution in [0.15, 0.2) is 0 Å². The summed E-state index contributed by atoms with van der Waals surface area (Å²) >= 11 is 0. The standard InChI is InChI=1S/C11H24N2O3/c1-11(2,3)16-10(15)13-7-4-5-9(12)6-8-14/h9,14H,4-8,12H2,1-3H3,(H,13,15)/t9-/m0/s1. The molecular weight excluding hydrogens is 208 g/mol. The maximum Gasteiger partial charge on any atom is 0.407 e. The first kappa shape index (κ1) is 15.2. The molecule has 0 aromatic heterocycles. The molecule has 0 rings (SSSR count). The predicted octanol–water partition coefficient (Wildman–Crippen LogP) is 1.00. The molecule has 5 heteroatoms. The molecule has 0 spiro atoms. The van der Waals surface area contributed by atoms with Crippen molar-refractivity contribution in [3.8, 4) is 0 Å². The summed E-state index contributed by atoms with van der Waals surface area (Å²) in [4.78, 5) is 11.2. The molecular formula is C11H24N2O3. The molecule has 5 nitrogen and oxygen atoms in total. The quantitative estimate of drug-likeness (QED) is 0.596. The monoisotopic (exact) mass is 232 g/mol. The van der Waals surface area contributed by atoms with Crippen molar-refractivity contribution in [1.29, 1.82) is 0 Å². The van der Waals surface area contributed by atoms with Crippen molar-refractivity contribution < 1.29 is 14.6 Å². The number of rotatable bonds is 6. The number of nitrogens with one attached hydrogen (secondary N) is 1. The lowest BCUT2D eigenvalue weighted by atomic mass is 10.1. The summed E-state index contributed by atoms with van der Waals surface area (Å²) in [5.74, 6) is 0. The fourth-order valence-electron chi connectivity index (χ4n) is 1.18. The minimum absolute atomic E-state index is 0.00503. The number of ether oxygens (including phenoxy) is 1. The molecule has 0 saturated heterocycles. The number of alkyl carbamates (subject to hydrolysis) is 1. The van der Waals surface area contributed by atoms with Crippen molar-refractivity contribution >= 4 is 6.09 Å². The molecule has 0 saturated carbocycles. The topological polar surface area (TPSA) is 84.6 Å². The van der Waals surface area contributed by atoms with E-state index < -0.39 is 11.7 Å². The van der Waals surface area contributed by atoms with E-state index in [-0.39, 0.29) is 12.6 Å². The number of aliphatic hydroxyl groups is 1. The minimum Gasteiger partial charge on any atom is -0.444 e. The van der Waals surface area contributed by atoms with Crippen LogP contribution in [0.2, 0.25) is 0 Å². The molecule has 0 aromatic rings. The molecule has 4 N–H and O–H groups in total. The van der Waals surface area contributed by atoms with E-state index in [4.69, 9.17) is 15.6 Å². The number of hydrogen-bond donors (Lipinski definition) is 3. The lowest BCUT2D eigenvalue weighted by molar-refractivity contribution is 0.0526. The average Bonchev–Trinajstić information content (AvgIpc) is 2.10. The second kappa shape index (κ2) is 7.46. The number of carbonyl (C=O) groups is 1. The van der Waals surface area contributed by atoms with Crippen LogP contribution >= 0.6 is 0 Å². The molecule has 0 aliphatic carbocycles. The van der Waals surface area contributed by atoms with E-state index in [1.807, 2.05) is 20.8 Å². The minimum atomic E-state index is -0.461. The maximum absolute atomic E-state index is 11.2. The number of carbonyl (C=O) groups excluding carboxylic acids is 1. The van der Waals surface area contributed by atoms with Crippen LogP contribution in [0, 0.1) is 0 Å². The average molecular weight is 232 g/mol. The lowest BCUT2D eigenvalue weighted by Crippen LogP contribution is -2.33. The van der Waals surface area contributed by atoms with E-state index >= 15 is 0 Å². The van der Waals surface area contributed by atoms with Gasteiger partial charge >= 0.3 is 6.09 Å². The zero-order valence-corrected chi connectivity index (χ0v) is 10.5. The molecule has 0 aliphatic heterocycles. The van der Waals surface area contributed by atoms with E-state index in [9.17, 15) is 4.79 Å². The summed E-state index contributed by atoms with van der Waals surface area (Å²) in [7, 11) is 0.